The molecule has 0 fully saturated rings. The van der Waals surface area contributed by atoms with Crippen LogP contribution in [0.5, 0.6) is 0 Å². The van der Waals surface area contributed by atoms with Crippen molar-refractivity contribution in [2.45, 2.75) is 110 Å². The molecule has 0 aliphatic heterocycles. The smallest absolute Gasteiger partial charge is 0.205 e. The molecule has 0 radical (unpaired) electrons. The van der Waals surface area contributed by atoms with Gasteiger partial charge in [0.1, 0.15) is 20.1 Å². The first-order valence-electron chi connectivity index (χ1n) is 14.5. The summed E-state index contributed by atoms with van der Waals surface area (Å²) >= 11 is 0. The van der Waals surface area contributed by atoms with Crippen LogP contribution in [0.25, 0.3) is 22.4 Å². The molecule has 0 aromatic carbocycles. The molecule has 0 bridgehead atoms. The maximum absolute atomic E-state index is 2.44. The lowest BCUT2D eigenvalue weighted by molar-refractivity contribution is -0.697. The van der Waals surface area contributed by atoms with Crippen LogP contribution in [0, 0.1) is 0 Å². The summed E-state index contributed by atoms with van der Waals surface area (Å²) in [5.41, 5.74) is 8.26. The molecule has 1 aliphatic carbocycles. The molecule has 3 heteroatoms. The molecule has 3 aromatic heterocycles. The molecule has 4 rings (SSSR count). The fourth-order valence-corrected chi connectivity index (χ4v) is 5.80. The fraction of sp³-hybridized carbons (Fsp3) is 0.545. The average Bonchev–Trinajstić information content (AvgIpc) is 3.09. The van der Waals surface area contributed by atoms with E-state index in [1.807, 2.05) is 0 Å². The van der Waals surface area contributed by atoms with Crippen molar-refractivity contribution < 1.29 is 13.7 Å². The molecular weight excluding hydrogens is 438 g/mol. The molecule has 0 saturated carbocycles. The Morgan fingerprint density at radius 1 is 0.639 bits per heavy atom. The van der Waals surface area contributed by atoms with Crippen LogP contribution in [0.3, 0.4) is 0 Å². The monoisotopic (exact) mass is 486 g/mol. The third kappa shape index (κ3) is 5.88. The maximum Gasteiger partial charge on any atom is 0.213 e. The van der Waals surface area contributed by atoms with Crippen LogP contribution in [-0.2, 0) is 25.6 Å². The lowest BCUT2D eigenvalue weighted by Crippen LogP contribution is -2.35. The quantitative estimate of drug-likeness (QED) is 0.182. The molecular formula is C33H48N3+3. The Morgan fingerprint density at radius 3 is 1.86 bits per heavy atom. The topological polar surface area (TPSA) is 11.6 Å². The highest BCUT2D eigenvalue weighted by Crippen LogP contribution is 2.48. The van der Waals surface area contributed by atoms with Crippen LogP contribution in [0.2, 0.25) is 0 Å². The zero-order valence-electron chi connectivity index (χ0n) is 23.5. The molecule has 0 N–H and O–H groups in total. The molecule has 3 heterocycles. The lowest BCUT2D eigenvalue weighted by atomic mass is 9.83. The van der Waals surface area contributed by atoms with Gasteiger partial charge >= 0.3 is 0 Å². The van der Waals surface area contributed by atoms with Crippen LogP contribution in [0.1, 0.15) is 103 Å². The number of rotatable bonds is 13. The molecule has 36 heavy (non-hydrogen) atoms. The second-order valence-electron chi connectivity index (χ2n) is 11.4. The molecule has 0 saturated heterocycles. The van der Waals surface area contributed by atoms with Gasteiger partial charge < -0.3 is 0 Å². The standard InChI is InChI=1S/C33H48N3/c1-6-8-10-12-14-19-35-21-16-27(17-22-35)32-24-30-29(25-34(32)5)28-18-23-36(20-15-13-11-9-7-2)26-31(28)33(30,3)4/h16-18,21-26H,6-15,19-20H2,1-5H3/q+3. The first-order chi connectivity index (χ1) is 17.5. The number of nitrogens with zero attached hydrogens (tertiary/aromatic N) is 3. The third-order valence-electron chi connectivity index (χ3n) is 8.16. The van der Waals surface area contributed by atoms with Crippen molar-refractivity contribution >= 4 is 0 Å². The van der Waals surface area contributed by atoms with E-state index in [4.69, 9.17) is 0 Å². The predicted molar refractivity (Wildman–Crippen MR) is 149 cm³/mol. The van der Waals surface area contributed by atoms with Gasteiger partial charge in [-0.1, -0.05) is 66.2 Å². The van der Waals surface area contributed by atoms with Crippen LogP contribution in [0.15, 0.2) is 55.2 Å². The number of hydrogen-bond donors (Lipinski definition) is 0. The number of aromatic nitrogens is 3. The van der Waals surface area contributed by atoms with Crippen molar-refractivity contribution in [2.75, 3.05) is 0 Å². The van der Waals surface area contributed by atoms with Crippen LogP contribution in [-0.4, -0.2) is 0 Å². The largest absolute Gasteiger partial charge is 0.213 e. The van der Waals surface area contributed by atoms with Crippen molar-refractivity contribution in [3.8, 4) is 22.4 Å². The average molecular weight is 487 g/mol. The van der Waals surface area contributed by atoms with Gasteiger partial charge in [0.25, 0.3) is 0 Å². The Balaban J connectivity index is 1.51. The van der Waals surface area contributed by atoms with Gasteiger partial charge in [-0.25, -0.2) is 13.7 Å². The van der Waals surface area contributed by atoms with Crippen molar-refractivity contribution in [1.29, 1.82) is 0 Å². The van der Waals surface area contributed by atoms with E-state index in [0.717, 1.165) is 13.1 Å². The van der Waals surface area contributed by atoms with E-state index in [2.05, 4.69) is 104 Å². The molecule has 192 valence electrons. The van der Waals surface area contributed by atoms with E-state index < -0.39 is 0 Å². The normalized spacial score (nSPS) is 13.6. The van der Waals surface area contributed by atoms with Gasteiger partial charge in [0, 0.05) is 53.6 Å². The van der Waals surface area contributed by atoms with E-state index in [0.29, 0.717) is 0 Å². The maximum atomic E-state index is 2.44. The first kappa shape index (κ1) is 26.5. The van der Waals surface area contributed by atoms with Crippen LogP contribution < -0.4 is 13.7 Å². The van der Waals surface area contributed by atoms with Gasteiger partial charge in [-0.05, 0) is 18.4 Å². The minimum absolute atomic E-state index is 0.00603. The molecule has 0 atom stereocenters. The summed E-state index contributed by atoms with van der Waals surface area (Å²) in [5.74, 6) is 0. The zero-order valence-corrected chi connectivity index (χ0v) is 23.5. The third-order valence-corrected chi connectivity index (χ3v) is 8.16. The Hall–Kier alpha value is -2.55. The van der Waals surface area contributed by atoms with Gasteiger partial charge in [0.05, 0.1) is 11.1 Å². The molecule has 0 unspecified atom stereocenters. The van der Waals surface area contributed by atoms with Crippen LogP contribution in [0.4, 0.5) is 0 Å². The van der Waals surface area contributed by atoms with E-state index in [9.17, 15) is 0 Å². The molecule has 3 nitrogen and oxygen atoms in total. The van der Waals surface area contributed by atoms with Gasteiger partial charge in [0.15, 0.2) is 31.0 Å². The summed E-state index contributed by atoms with van der Waals surface area (Å²) in [5, 5.41) is 0. The molecule has 1 aliphatic rings. The van der Waals surface area contributed by atoms with E-state index in [1.54, 1.807) is 0 Å². The minimum atomic E-state index is 0.00603. The summed E-state index contributed by atoms with van der Waals surface area (Å²) < 4.78 is 7.06. The Labute approximate surface area is 219 Å². The zero-order chi connectivity index (χ0) is 25.5. The van der Waals surface area contributed by atoms with E-state index >= 15 is 0 Å². The second-order valence-corrected chi connectivity index (χ2v) is 11.4. The SMILES string of the molecule is CCCCCCC[n+]1ccc(-c2cc3c(c[n+]2C)-c2cc[n+](CCCCCCC)cc2C3(C)C)cc1. The van der Waals surface area contributed by atoms with Crippen molar-refractivity contribution in [2.24, 2.45) is 7.05 Å². The number of pyridine rings is 3. The summed E-state index contributed by atoms with van der Waals surface area (Å²) in [6.07, 6.45) is 24.8. The number of unbranched alkanes of at least 4 members (excludes halogenated alkanes) is 8. The number of fused-ring (bicyclic) bond motifs is 3. The van der Waals surface area contributed by atoms with Crippen molar-refractivity contribution in [3.05, 3.63) is 66.4 Å². The first-order valence-corrected chi connectivity index (χ1v) is 14.5. The highest BCUT2D eigenvalue weighted by atomic mass is 14.9. The van der Waals surface area contributed by atoms with Gasteiger partial charge in [-0.3, -0.25) is 0 Å². The summed E-state index contributed by atoms with van der Waals surface area (Å²) in [6.45, 7) is 11.6. The van der Waals surface area contributed by atoms with E-state index in [-0.39, 0.29) is 5.41 Å². The highest BCUT2D eigenvalue weighted by molar-refractivity contribution is 5.80. The number of hydrogen-bond acceptors (Lipinski definition) is 0. The van der Waals surface area contributed by atoms with Crippen LogP contribution >= 0.6 is 0 Å². The Morgan fingerprint density at radius 2 is 1.22 bits per heavy atom. The summed E-state index contributed by atoms with van der Waals surface area (Å²) in [4.78, 5) is 0. The second kappa shape index (κ2) is 12.1. The lowest BCUT2D eigenvalue weighted by Gasteiger charge is -2.20. The minimum Gasteiger partial charge on any atom is -0.205 e. The van der Waals surface area contributed by atoms with E-state index in [1.165, 1.54) is 97.7 Å². The highest BCUT2D eigenvalue weighted by Gasteiger charge is 2.40. The number of aryl methyl sites for hydroxylation is 3. The molecule has 3 aromatic rings. The van der Waals surface area contributed by atoms with Crippen molar-refractivity contribution in [1.82, 2.24) is 0 Å². The summed E-state index contributed by atoms with van der Waals surface area (Å²) in [7, 11) is 2.19. The Kier molecular flexibility index (Phi) is 8.93. The van der Waals surface area contributed by atoms with Gasteiger partial charge in [0.2, 0.25) is 5.69 Å². The van der Waals surface area contributed by atoms with Gasteiger partial charge in [-0.15, -0.1) is 0 Å². The summed E-state index contributed by atoms with van der Waals surface area (Å²) in [6, 6.07) is 9.36. The van der Waals surface area contributed by atoms with Gasteiger partial charge in [-0.2, -0.15) is 0 Å². The molecule has 0 amide bonds. The predicted octanol–water partition coefficient (Wildman–Crippen LogP) is 7.00. The Bertz CT molecular complexity index is 1140. The molecule has 0 spiro atoms. The van der Waals surface area contributed by atoms with Crippen molar-refractivity contribution in [3.63, 3.8) is 0 Å². The fourth-order valence-electron chi connectivity index (χ4n) is 5.80.